The molecule has 0 bridgehead atoms. The molecule has 0 aliphatic carbocycles. The van der Waals surface area contributed by atoms with Crippen LogP contribution in [0.15, 0.2) is 42.5 Å². The van der Waals surface area contributed by atoms with Crippen LogP contribution in [0.4, 0.5) is 4.79 Å². The number of hydrogen-bond donors (Lipinski definition) is 1. The van der Waals surface area contributed by atoms with Gasteiger partial charge in [0.2, 0.25) is 0 Å². The van der Waals surface area contributed by atoms with Crippen molar-refractivity contribution in [1.29, 1.82) is 0 Å². The summed E-state index contributed by atoms with van der Waals surface area (Å²) in [6.45, 7) is 5.55. The van der Waals surface area contributed by atoms with E-state index in [1.54, 1.807) is 4.90 Å². The van der Waals surface area contributed by atoms with Crippen molar-refractivity contribution in [3.8, 4) is 0 Å². The number of carbonyl (C=O) groups excluding carboxylic acids is 1. The van der Waals surface area contributed by atoms with Crippen LogP contribution >= 0.6 is 0 Å². The van der Waals surface area contributed by atoms with Crippen molar-refractivity contribution < 1.29 is 9.53 Å². The average Bonchev–Trinajstić information content (AvgIpc) is 2.61. The maximum absolute atomic E-state index is 12.7. The van der Waals surface area contributed by atoms with E-state index in [4.69, 9.17) is 4.74 Å². The smallest absolute Gasteiger partial charge is 0.317 e. The van der Waals surface area contributed by atoms with Crippen LogP contribution in [0.3, 0.4) is 0 Å². The van der Waals surface area contributed by atoms with Gasteiger partial charge in [0.15, 0.2) is 0 Å². The van der Waals surface area contributed by atoms with Crippen LogP contribution in [0, 0.1) is 0 Å². The molecule has 0 radical (unpaired) electrons. The van der Waals surface area contributed by atoms with Crippen LogP contribution in [-0.2, 0) is 10.3 Å². The molecule has 0 aromatic heterocycles. The highest BCUT2D eigenvalue weighted by molar-refractivity contribution is 5.87. The average molecular weight is 340 g/mol. The van der Waals surface area contributed by atoms with E-state index >= 15 is 0 Å². The lowest BCUT2D eigenvalue weighted by Crippen LogP contribution is -2.49. The highest BCUT2D eigenvalue weighted by atomic mass is 16.5. The van der Waals surface area contributed by atoms with E-state index < -0.39 is 5.54 Å². The molecule has 2 aromatic carbocycles. The van der Waals surface area contributed by atoms with E-state index in [9.17, 15) is 4.79 Å². The molecule has 1 heterocycles. The molecule has 2 aromatic rings. The molecule has 25 heavy (non-hydrogen) atoms. The van der Waals surface area contributed by atoms with E-state index in [1.165, 1.54) is 17.2 Å². The van der Waals surface area contributed by atoms with Gasteiger partial charge in [-0.15, -0.1) is 0 Å². The van der Waals surface area contributed by atoms with Gasteiger partial charge in [0.25, 0.3) is 0 Å². The van der Waals surface area contributed by atoms with Gasteiger partial charge in [0.05, 0.1) is 11.6 Å². The summed E-state index contributed by atoms with van der Waals surface area (Å²) in [5.74, 6) is 0. The SMILES string of the molecule is CN(C[C@H]1CCCCO1)C(=O)NC(C)(C)c1cccc2ccccc12. The number of benzene rings is 2. The Labute approximate surface area is 150 Å². The lowest BCUT2D eigenvalue weighted by Gasteiger charge is -2.33. The molecular weight excluding hydrogens is 312 g/mol. The Kier molecular flexibility index (Phi) is 5.28. The molecule has 1 fully saturated rings. The summed E-state index contributed by atoms with van der Waals surface area (Å²) in [7, 11) is 1.84. The van der Waals surface area contributed by atoms with Crippen LogP contribution < -0.4 is 5.32 Å². The normalized spacial score (nSPS) is 18.1. The second-order valence-electron chi connectivity index (χ2n) is 7.45. The van der Waals surface area contributed by atoms with Gasteiger partial charge < -0.3 is 15.0 Å². The maximum Gasteiger partial charge on any atom is 0.317 e. The van der Waals surface area contributed by atoms with Crippen molar-refractivity contribution in [1.82, 2.24) is 10.2 Å². The number of urea groups is 1. The first kappa shape index (κ1) is 17.7. The Hall–Kier alpha value is -2.07. The Balaban J connectivity index is 1.72. The van der Waals surface area contributed by atoms with Gasteiger partial charge in [-0.2, -0.15) is 0 Å². The van der Waals surface area contributed by atoms with Crippen LogP contribution in [0.5, 0.6) is 0 Å². The largest absolute Gasteiger partial charge is 0.376 e. The van der Waals surface area contributed by atoms with Gasteiger partial charge in [0.1, 0.15) is 0 Å². The highest BCUT2D eigenvalue weighted by Crippen LogP contribution is 2.28. The van der Waals surface area contributed by atoms with Crippen LogP contribution in [0.2, 0.25) is 0 Å². The molecule has 0 unspecified atom stereocenters. The summed E-state index contributed by atoms with van der Waals surface area (Å²) < 4.78 is 5.75. The number of fused-ring (bicyclic) bond motifs is 1. The van der Waals surface area contributed by atoms with Crippen LogP contribution in [0.25, 0.3) is 10.8 Å². The summed E-state index contributed by atoms with van der Waals surface area (Å²) in [6.07, 6.45) is 3.50. The number of nitrogens with zero attached hydrogens (tertiary/aromatic N) is 1. The number of amides is 2. The Morgan fingerprint density at radius 3 is 2.72 bits per heavy atom. The third-order valence-electron chi connectivity index (χ3n) is 4.98. The standard InChI is InChI=1S/C21H28N2O2/c1-21(2,19-13-8-10-16-9-4-5-12-18(16)19)22-20(24)23(3)15-17-11-6-7-14-25-17/h4-5,8-10,12-13,17H,6-7,11,14-15H2,1-3H3,(H,22,24)/t17-/m1/s1. The predicted octanol–water partition coefficient (Wildman–Crippen LogP) is 4.29. The maximum atomic E-state index is 12.7. The predicted molar refractivity (Wildman–Crippen MR) is 102 cm³/mol. The van der Waals surface area contributed by atoms with Crippen molar-refractivity contribution in [2.75, 3.05) is 20.2 Å². The van der Waals surface area contributed by atoms with Gasteiger partial charge in [-0.1, -0.05) is 42.5 Å². The second kappa shape index (κ2) is 7.44. The quantitative estimate of drug-likeness (QED) is 0.902. The van der Waals surface area contributed by atoms with E-state index in [0.717, 1.165) is 25.0 Å². The van der Waals surface area contributed by atoms with Crippen molar-refractivity contribution in [2.45, 2.75) is 44.8 Å². The Morgan fingerprint density at radius 1 is 1.20 bits per heavy atom. The first-order valence-corrected chi connectivity index (χ1v) is 9.10. The fraction of sp³-hybridized carbons (Fsp3) is 0.476. The van der Waals surface area contributed by atoms with Crippen molar-refractivity contribution in [3.05, 3.63) is 48.0 Å². The molecule has 0 spiro atoms. The third-order valence-corrected chi connectivity index (χ3v) is 4.98. The monoisotopic (exact) mass is 340 g/mol. The number of likely N-dealkylation sites (N-methyl/N-ethyl adjacent to an activating group) is 1. The molecule has 134 valence electrons. The molecule has 4 heteroatoms. The minimum Gasteiger partial charge on any atom is -0.376 e. The fourth-order valence-electron chi connectivity index (χ4n) is 3.54. The summed E-state index contributed by atoms with van der Waals surface area (Å²) in [5, 5.41) is 5.55. The molecule has 1 atom stereocenters. The number of nitrogens with one attached hydrogen (secondary N) is 1. The molecule has 1 aliphatic heterocycles. The van der Waals surface area contributed by atoms with Crippen molar-refractivity contribution in [2.24, 2.45) is 0 Å². The van der Waals surface area contributed by atoms with E-state index in [0.29, 0.717) is 6.54 Å². The fourth-order valence-corrected chi connectivity index (χ4v) is 3.54. The van der Waals surface area contributed by atoms with E-state index in [2.05, 4.69) is 43.4 Å². The minimum absolute atomic E-state index is 0.0629. The Bertz CT molecular complexity index is 730. The second-order valence-corrected chi connectivity index (χ2v) is 7.45. The highest BCUT2D eigenvalue weighted by Gasteiger charge is 2.27. The number of rotatable bonds is 4. The zero-order valence-corrected chi connectivity index (χ0v) is 15.4. The van der Waals surface area contributed by atoms with Crippen LogP contribution in [-0.4, -0.2) is 37.2 Å². The van der Waals surface area contributed by atoms with Gasteiger partial charge in [-0.3, -0.25) is 0 Å². The summed E-state index contributed by atoms with van der Waals surface area (Å²) in [6, 6.07) is 14.5. The van der Waals surface area contributed by atoms with Crippen molar-refractivity contribution >= 4 is 16.8 Å². The molecule has 4 nitrogen and oxygen atoms in total. The van der Waals surface area contributed by atoms with Crippen LogP contribution in [0.1, 0.15) is 38.7 Å². The van der Waals surface area contributed by atoms with E-state index in [-0.39, 0.29) is 12.1 Å². The lowest BCUT2D eigenvalue weighted by molar-refractivity contribution is 0.00348. The van der Waals surface area contributed by atoms with Gasteiger partial charge in [-0.25, -0.2) is 4.79 Å². The molecule has 1 N–H and O–H groups in total. The zero-order valence-electron chi connectivity index (χ0n) is 15.4. The number of carbonyl (C=O) groups is 1. The molecule has 1 saturated heterocycles. The van der Waals surface area contributed by atoms with Gasteiger partial charge in [0, 0.05) is 20.2 Å². The molecule has 0 saturated carbocycles. The van der Waals surface area contributed by atoms with E-state index in [1.807, 2.05) is 25.2 Å². The Morgan fingerprint density at radius 2 is 1.96 bits per heavy atom. The van der Waals surface area contributed by atoms with Gasteiger partial charge in [-0.05, 0) is 49.4 Å². The van der Waals surface area contributed by atoms with Gasteiger partial charge >= 0.3 is 6.03 Å². The summed E-state index contributed by atoms with van der Waals surface area (Å²) in [4.78, 5) is 14.4. The first-order chi connectivity index (χ1) is 12.0. The van der Waals surface area contributed by atoms with Crippen molar-refractivity contribution in [3.63, 3.8) is 0 Å². The topological polar surface area (TPSA) is 41.6 Å². The molecule has 2 amide bonds. The molecule has 1 aliphatic rings. The number of ether oxygens (including phenoxy) is 1. The first-order valence-electron chi connectivity index (χ1n) is 9.10. The number of hydrogen-bond acceptors (Lipinski definition) is 2. The summed E-state index contributed by atoms with van der Waals surface area (Å²) in [5.41, 5.74) is 0.667. The molecule has 3 rings (SSSR count). The minimum atomic E-state index is -0.459. The third kappa shape index (κ3) is 4.13. The summed E-state index contributed by atoms with van der Waals surface area (Å²) >= 11 is 0. The lowest BCUT2D eigenvalue weighted by atomic mass is 9.89. The zero-order chi connectivity index (χ0) is 17.9. The molecular formula is C21H28N2O2.